The summed E-state index contributed by atoms with van der Waals surface area (Å²) in [5, 5.41) is 5.22. The highest BCUT2D eigenvalue weighted by molar-refractivity contribution is 5.94. The largest absolute Gasteiger partial charge is 0.494 e. The SMILES string of the molecule is COc1cc(F)ccc1-n1ncc2c(N3C[C@@H]4C[C@H]3C(=O)N(C)C[C@H](OC)Cn3c(C)nc5cccc(c53)-c3cccc(c3)O4)ncnc21. The van der Waals surface area contributed by atoms with E-state index in [1.54, 1.807) is 36.0 Å². The van der Waals surface area contributed by atoms with Crippen LogP contribution in [0.5, 0.6) is 11.5 Å². The van der Waals surface area contributed by atoms with Crippen LogP contribution in [-0.2, 0) is 16.1 Å². The van der Waals surface area contributed by atoms with Crippen molar-refractivity contribution in [3.05, 3.63) is 84.8 Å². The number of likely N-dealkylation sites (N-methyl/N-ethyl adjacent to an activating group) is 1. The molecule has 1 saturated heterocycles. The number of fused-ring (bicyclic) bond motifs is 6. The summed E-state index contributed by atoms with van der Waals surface area (Å²) in [6.07, 6.45) is 2.94. The molecule has 0 unspecified atom stereocenters. The quantitative estimate of drug-likeness (QED) is 0.263. The number of nitrogens with zero attached hydrogens (tertiary/aromatic N) is 8. The van der Waals surface area contributed by atoms with Gasteiger partial charge in [-0.25, -0.2) is 24.0 Å². The van der Waals surface area contributed by atoms with Crippen molar-refractivity contribution >= 4 is 33.8 Å². The number of methoxy groups -OCH3 is 2. The number of imidazole rings is 1. The third-order valence-corrected chi connectivity index (χ3v) is 9.51. The van der Waals surface area contributed by atoms with Crippen LogP contribution in [0.2, 0.25) is 0 Å². The molecule has 0 N–H and O–H groups in total. The van der Waals surface area contributed by atoms with Crippen molar-refractivity contribution < 1.29 is 23.4 Å². The summed E-state index contributed by atoms with van der Waals surface area (Å²) in [6, 6.07) is 17.8. The number of rotatable bonds is 4. The second-order valence-electron chi connectivity index (χ2n) is 12.5. The van der Waals surface area contributed by atoms with Gasteiger partial charge in [0.1, 0.15) is 53.1 Å². The third-order valence-electron chi connectivity index (χ3n) is 9.51. The van der Waals surface area contributed by atoms with Gasteiger partial charge in [0.2, 0.25) is 5.91 Å². The number of benzene rings is 3. The van der Waals surface area contributed by atoms with Crippen LogP contribution in [-0.4, -0.2) is 92.7 Å². The van der Waals surface area contributed by atoms with E-state index in [2.05, 4.69) is 31.8 Å². The Hall–Kier alpha value is -5.56. The van der Waals surface area contributed by atoms with Gasteiger partial charge in [0, 0.05) is 38.8 Å². The number of ether oxygens (including phenoxy) is 3. The number of amides is 1. The first-order valence-electron chi connectivity index (χ1n) is 16.1. The summed E-state index contributed by atoms with van der Waals surface area (Å²) in [4.78, 5) is 32.2. The normalized spacial score (nSPS) is 19.6. The molecule has 1 fully saturated rings. The zero-order valence-corrected chi connectivity index (χ0v) is 27.6. The fourth-order valence-corrected chi connectivity index (χ4v) is 7.16. The number of halogens is 1. The fraction of sp³-hybridized carbons (Fsp3) is 0.306. The van der Waals surface area contributed by atoms with E-state index >= 15 is 0 Å². The van der Waals surface area contributed by atoms with Gasteiger partial charge in [-0.05, 0) is 42.8 Å². The van der Waals surface area contributed by atoms with Gasteiger partial charge >= 0.3 is 0 Å². The van der Waals surface area contributed by atoms with Crippen LogP contribution in [0.25, 0.3) is 38.9 Å². The van der Waals surface area contributed by atoms with Crippen LogP contribution in [0.1, 0.15) is 12.2 Å². The molecule has 49 heavy (non-hydrogen) atoms. The molecule has 13 heteroatoms. The number of aromatic nitrogens is 6. The summed E-state index contributed by atoms with van der Waals surface area (Å²) in [6.45, 7) is 3.27. The van der Waals surface area contributed by atoms with Crippen molar-refractivity contribution in [1.82, 2.24) is 34.2 Å². The van der Waals surface area contributed by atoms with E-state index in [9.17, 15) is 9.18 Å². The molecule has 3 aromatic heterocycles. The van der Waals surface area contributed by atoms with Crippen molar-refractivity contribution in [3.8, 4) is 28.3 Å². The first-order chi connectivity index (χ1) is 23.8. The molecule has 1 amide bonds. The molecule has 0 saturated carbocycles. The number of para-hydroxylation sites is 1. The molecule has 5 heterocycles. The van der Waals surface area contributed by atoms with E-state index in [1.165, 1.54) is 25.6 Å². The summed E-state index contributed by atoms with van der Waals surface area (Å²) >= 11 is 0. The second-order valence-corrected chi connectivity index (χ2v) is 12.5. The minimum absolute atomic E-state index is 0.0796. The topological polar surface area (TPSA) is 113 Å². The molecule has 6 aromatic rings. The molecule has 3 aromatic carbocycles. The van der Waals surface area contributed by atoms with Gasteiger partial charge in [-0.1, -0.05) is 24.3 Å². The Kier molecular flexibility index (Phi) is 7.63. The molecule has 2 aliphatic heterocycles. The minimum Gasteiger partial charge on any atom is -0.494 e. The van der Waals surface area contributed by atoms with E-state index in [4.69, 9.17) is 19.2 Å². The molecule has 3 atom stereocenters. The summed E-state index contributed by atoms with van der Waals surface area (Å²) in [7, 11) is 4.96. The smallest absolute Gasteiger partial charge is 0.245 e. The van der Waals surface area contributed by atoms with Gasteiger partial charge in [-0.2, -0.15) is 5.10 Å². The molecule has 0 radical (unpaired) electrons. The first kappa shape index (κ1) is 30.8. The lowest BCUT2D eigenvalue weighted by Gasteiger charge is -2.30. The van der Waals surface area contributed by atoms with Crippen LogP contribution < -0.4 is 14.4 Å². The molecule has 2 aliphatic rings. The van der Waals surface area contributed by atoms with Crippen molar-refractivity contribution in [2.24, 2.45) is 0 Å². The fourth-order valence-electron chi connectivity index (χ4n) is 7.16. The summed E-state index contributed by atoms with van der Waals surface area (Å²) in [5.74, 6) is 1.93. The van der Waals surface area contributed by atoms with E-state index in [-0.39, 0.29) is 18.1 Å². The van der Waals surface area contributed by atoms with Crippen molar-refractivity contribution in [2.45, 2.75) is 38.1 Å². The molecule has 0 aliphatic carbocycles. The van der Waals surface area contributed by atoms with Crippen molar-refractivity contribution in [2.75, 3.05) is 39.3 Å². The number of anilines is 1. The number of hydrogen-bond acceptors (Lipinski definition) is 9. The predicted octanol–water partition coefficient (Wildman–Crippen LogP) is 4.80. The monoisotopic (exact) mass is 662 g/mol. The molecular formula is C36H35FN8O4. The van der Waals surface area contributed by atoms with Crippen LogP contribution in [0.3, 0.4) is 0 Å². The Bertz CT molecular complexity index is 2220. The summed E-state index contributed by atoms with van der Waals surface area (Å²) in [5.41, 5.74) is 4.99. The van der Waals surface area contributed by atoms with Gasteiger partial charge in [0.15, 0.2) is 5.65 Å². The van der Waals surface area contributed by atoms with Crippen LogP contribution in [0.15, 0.2) is 73.2 Å². The van der Waals surface area contributed by atoms with Gasteiger partial charge in [-0.3, -0.25) is 4.79 Å². The van der Waals surface area contributed by atoms with Crippen LogP contribution >= 0.6 is 0 Å². The number of carbonyl (C=O) groups is 1. The van der Waals surface area contributed by atoms with E-state index in [0.29, 0.717) is 60.1 Å². The Morgan fingerprint density at radius 1 is 1.00 bits per heavy atom. The average Bonchev–Trinajstić information content (AvgIpc) is 3.82. The van der Waals surface area contributed by atoms with Gasteiger partial charge in [0.05, 0.1) is 48.9 Å². The Balaban J connectivity index is 1.22. The predicted molar refractivity (Wildman–Crippen MR) is 182 cm³/mol. The lowest BCUT2D eigenvalue weighted by Crippen LogP contribution is -2.47. The molecule has 250 valence electrons. The van der Waals surface area contributed by atoms with Crippen LogP contribution in [0.4, 0.5) is 10.2 Å². The highest BCUT2D eigenvalue weighted by Gasteiger charge is 2.41. The number of carbonyl (C=O) groups excluding carboxylic acids is 1. The third kappa shape index (κ3) is 5.30. The maximum absolute atomic E-state index is 14.4. The highest BCUT2D eigenvalue weighted by Crippen LogP contribution is 2.36. The zero-order valence-electron chi connectivity index (χ0n) is 27.6. The first-order valence-corrected chi connectivity index (χ1v) is 16.1. The number of aryl methyl sites for hydroxylation is 1. The van der Waals surface area contributed by atoms with Gasteiger partial charge < -0.3 is 28.6 Å². The number of hydrogen-bond donors (Lipinski definition) is 0. The molecule has 8 rings (SSSR count). The maximum atomic E-state index is 14.4. The highest BCUT2D eigenvalue weighted by atomic mass is 19.1. The minimum atomic E-state index is -0.582. The average molecular weight is 663 g/mol. The molecule has 12 nitrogen and oxygen atoms in total. The van der Waals surface area contributed by atoms with Crippen molar-refractivity contribution in [1.29, 1.82) is 0 Å². The maximum Gasteiger partial charge on any atom is 0.245 e. The second kappa shape index (κ2) is 12.2. The van der Waals surface area contributed by atoms with E-state index in [0.717, 1.165) is 28.0 Å². The van der Waals surface area contributed by atoms with Gasteiger partial charge in [-0.15, -0.1) is 0 Å². The standard InChI is InChI=1S/C36H35FN8O4/c1-21-41-29-10-6-9-27-22-7-5-8-24(13-22)49-25-15-31(36(46)42(2)17-26(47-3)19-43(21)33(27)29)44(18-25)34-28-16-40-45(35(28)39-20-38-34)30-12-11-23(37)14-32(30)48-4/h5-14,16,20,25-26,31H,15,17-19H2,1-4H3/t25-,26-,31-/m0/s1. The molecular weight excluding hydrogens is 627 g/mol. The Morgan fingerprint density at radius 3 is 2.69 bits per heavy atom. The Morgan fingerprint density at radius 2 is 1.86 bits per heavy atom. The van der Waals surface area contributed by atoms with Crippen molar-refractivity contribution in [3.63, 3.8) is 0 Å². The van der Waals surface area contributed by atoms with Gasteiger partial charge in [0.25, 0.3) is 0 Å². The molecule has 0 spiro atoms. The van der Waals surface area contributed by atoms with E-state index in [1.807, 2.05) is 42.2 Å². The van der Waals surface area contributed by atoms with Crippen LogP contribution in [0, 0.1) is 12.7 Å². The molecule has 4 bridgehead atoms. The lowest BCUT2D eigenvalue weighted by molar-refractivity contribution is -0.133. The van der Waals surface area contributed by atoms with E-state index < -0.39 is 11.9 Å². The lowest BCUT2D eigenvalue weighted by atomic mass is 10.0. The zero-order chi connectivity index (χ0) is 33.8. The Labute approximate surface area is 281 Å². The summed E-state index contributed by atoms with van der Waals surface area (Å²) < 4.78 is 35.9.